The lowest BCUT2D eigenvalue weighted by molar-refractivity contribution is -0.298. The van der Waals surface area contributed by atoms with Crippen LogP contribution in [0.3, 0.4) is 0 Å². The minimum absolute atomic E-state index is 0.115. The summed E-state index contributed by atoms with van der Waals surface area (Å²) < 4.78 is 43.3. The highest BCUT2D eigenvalue weighted by Gasteiger charge is 2.51. The Morgan fingerprint density at radius 3 is 2.05 bits per heavy atom. The Kier molecular flexibility index (Phi) is 12.7. The van der Waals surface area contributed by atoms with Gasteiger partial charge in [-0.2, -0.15) is 4.31 Å². The fourth-order valence-corrected chi connectivity index (χ4v) is 7.39. The highest BCUT2D eigenvalue weighted by atomic mass is 32.2. The second kappa shape index (κ2) is 14.2. The number of ether oxygens (including phenoxy) is 3. The number of carbonyl (C=O) groups excluding carboxylic acids is 1. The molecule has 2 unspecified atom stereocenters. The molecule has 0 aromatic rings. The van der Waals surface area contributed by atoms with Crippen molar-refractivity contribution in [1.29, 1.82) is 0 Å². The van der Waals surface area contributed by atoms with Gasteiger partial charge in [0.15, 0.2) is 6.29 Å². The molecule has 13 nitrogen and oxygen atoms in total. The summed E-state index contributed by atoms with van der Waals surface area (Å²) in [4.78, 5) is 13.2. The maximum Gasteiger partial charge on any atom is 0.311 e. The standard InChI is InChI=1S/C29H55NO12S/c1-11-20-29(8,37)24(34)16(4)21(31)14(2)13-28(7,36)25(17(5)22(32)18(6)26(35)41-20)42-27-23(33)19(12-15(3)40-27)30(9)43(10,38)39/h14-25,27,31-34,36-37H,11-13H2,1-10H3/t14-,15-,16+,17+,18-,19?,20-,21+,22+,23-,24-,25-,27+,28?,29-/m1/s1. The molecule has 2 fully saturated rings. The summed E-state index contributed by atoms with van der Waals surface area (Å²) in [5.74, 6) is -4.58. The molecule has 254 valence electrons. The quantitative estimate of drug-likeness (QED) is 0.219. The van der Waals surface area contributed by atoms with E-state index in [1.807, 2.05) is 0 Å². The molecule has 0 amide bonds. The Morgan fingerprint density at radius 1 is 0.977 bits per heavy atom. The van der Waals surface area contributed by atoms with Gasteiger partial charge in [-0.05, 0) is 52.9 Å². The largest absolute Gasteiger partial charge is 0.459 e. The van der Waals surface area contributed by atoms with Gasteiger partial charge in [-0.3, -0.25) is 4.79 Å². The Balaban J connectivity index is 2.57. The number of hydrogen-bond donors (Lipinski definition) is 6. The van der Waals surface area contributed by atoms with Crippen molar-refractivity contribution < 1.29 is 58.1 Å². The van der Waals surface area contributed by atoms with Crippen LogP contribution in [0.4, 0.5) is 0 Å². The molecule has 15 atom stereocenters. The van der Waals surface area contributed by atoms with E-state index < -0.39 is 106 Å². The number of rotatable bonds is 5. The van der Waals surface area contributed by atoms with E-state index in [0.29, 0.717) is 0 Å². The van der Waals surface area contributed by atoms with Gasteiger partial charge >= 0.3 is 5.97 Å². The summed E-state index contributed by atoms with van der Waals surface area (Å²) in [5.41, 5.74) is -3.74. The van der Waals surface area contributed by atoms with Crippen LogP contribution in [0.5, 0.6) is 0 Å². The first kappa shape index (κ1) is 38.2. The number of sulfonamides is 1. The van der Waals surface area contributed by atoms with E-state index in [1.165, 1.54) is 27.8 Å². The van der Waals surface area contributed by atoms with Gasteiger partial charge in [0.25, 0.3) is 0 Å². The summed E-state index contributed by atoms with van der Waals surface area (Å²) in [5, 5.41) is 68.0. The van der Waals surface area contributed by atoms with Gasteiger partial charge in [0, 0.05) is 18.9 Å². The Bertz CT molecular complexity index is 1040. The first-order valence-corrected chi connectivity index (χ1v) is 16.9. The van der Waals surface area contributed by atoms with Crippen molar-refractivity contribution in [2.75, 3.05) is 13.3 Å². The number of aliphatic hydroxyl groups excluding tert-OH is 4. The van der Waals surface area contributed by atoms with E-state index in [1.54, 1.807) is 34.6 Å². The van der Waals surface area contributed by atoms with Crippen molar-refractivity contribution in [3.63, 3.8) is 0 Å². The van der Waals surface area contributed by atoms with Crippen LogP contribution >= 0.6 is 0 Å². The number of hydrogen-bond acceptors (Lipinski definition) is 12. The molecular weight excluding hydrogens is 586 g/mol. The first-order valence-electron chi connectivity index (χ1n) is 15.1. The third-order valence-corrected chi connectivity index (χ3v) is 10.9. The Morgan fingerprint density at radius 2 is 1.53 bits per heavy atom. The maximum absolute atomic E-state index is 13.2. The lowest BCUT2D eigenvalue weighted by Crippen LogP contribution is -2.60. The molecule has 2 saturated heterocycles. The molecule has 0 aromatic heterocycles. The van der Waals surface area contributed by atoms with Gasteiger partial charge in [-0.25, -0.2) is 8.42 Å². The molecule has 0 aromatic carbocycles. The number of likely N-dealkylation sites (N-methyl/N-ethyl adjacent to an activating group) is 1. The lowest BCUT2D eigenvalue weighted by Gasteiger charge is -2.47. The minimum Gasteiger partial charge on any atom is -0.459 e. The molecule has 0 radical (unpaired) electrons. The van der Waals surface area contributed by atoms with E-state index >= 15 is 0 Å². The monoisotopic (exact) mass is 641 g/mol. The van der Waals surface area contributed by atoms with Crippen molar-refractivity contribution in [3.8, 4) is 0 Å². The molecule has 2 aliphatic rings. The zero-order valence-electron chi connectivity index (χ0n) is 27.1. The maximum atomic E-state index is 13.2. The van der Waals surface area contributed by atoms with Crippen LogP contribution in [0, 0.1) is 23.7 Å². The van der Waals surface area contributed by atoms with Crippen LogP contribution in [-0.4, -0.2) is 129 Å². The Labute approximate surface area is 256 Å². The predicted molar refractivity (Wildman–Crippen MR) is 157 cm³/mol. The van der Waals surface area contributed by atoms with Crippen LogP contribution in [0.25, 0.3) is 0 Å². The topological polar surface area (TPSA) is 204 Å². The fraction of sp³-hybridized carbons (Fsp3) is 0.966. The van der Waals surface area contributed by atoms with Crippen molar-refractivity contribution in [1.82, 2.24) is 4.31 Å². The second-order valence-corrected chi connectivity index (χ2v) is 15.5. The van der Waals surface area contributed by atoms with E-state index in [9.17, 15) is 43.9 Å². The number of aliphatic hydroxyl groups is 6. The van der Waals surface area contributed by atoms with Gasteiger partial charge < -0.3 is 44.8 Å². The van der Waals surface area contributed by atoms with Crippen LogP contribution in [0.2, 0.25) is 0 Å². The van der Waals surface area contributed by atoms with Crippen molar-refractivity contribution in [3.05, 3.63) is 0 Å². The lowest BCUT2D eigenvalue weighted by atomic mass is 9.73. The summed E-state index contributed by atoms with van der Waals surface area (Å²) >= 11 is 0. The number of esters is 1. The van der Waals surface area contributed by atoms with E-state index in [-0.39, 0.29) is 19.3 Å². The predicted octanol–water partition coefficient (Wildman–Crippen LogP) is -0.0180. The van der Waals surface area contributed by atoms with Gasteiger partial charge in [0.2, 0.25) is 10.0 Å². The summed E-state index contributed by atoms with van der Waals surface area (Å²) in [7, 11) is -2.34. The summed E-state index contributed by atoms with van der Waals surface area (Å²) in [6, 6.07) is -0.900. The van der Waals surface area contributed by atoms with Crippen LogP contribution in [-0.2, 0) is 29.0 Å². The average Bonchev–Trinajstić information content (AvgIpc) is 2.91. The second-order valence-electron chi connectivity index (χ2n) is 13.5. The van der Waals surface area contributed by atoms with Crippen molar-refractivity contribution in [2.24, 2.45) is 23.7 Å². The highest BCUT2D eigenvalue weighted by Crippen LogP contribution is 2.38. The average molecular weight is 642 g/mol. The third kappa shape index (κ3) is 8.46. The van der Waals surface area contributed by atoms with E-state index in [4.69, 9.17) is 14.2 Å². The number of nitrogens with zero attached hydrogens (tertiary/aromatic N) is 1. The SMILES string of the molecule is CC[C@H]1OC(=O)[C@H](C)[C@@H](O)[C@H](C)[C@@H](O[C@@H]2O[C@H](C)CC(N(C)S(C)(=O)=O)[C@H]2O)C(C)(O)C[C@@H](C)[C@H](O)[C@H](C)[C@@H](O)[C@]1(C)O. The van der Waals surface area contributed by atoms with Gasteiger partial charge in [0.05, 0.1) is 54.3 Å². The van der Waals surface area contributed by atoms with E-state index in [2.05, 4.69) is 0 Å². The molecule has 0 saturated carbocycles. The van der Waals surface area contributed by atoms with Crippen molar-refractivity contribution >= 4 is 16.0 Å². The highest BCUT2D eigenvalue weighted by molar-refractivity contribution is 7.88. The smallest absolute Gasteiger partial charge is 0.311 e. The molecule has 2 rings (SSSR count). The molecule has 0 aliphatic carbocycles. The van der Waals surface area contributed by atoms with Crippen LogP contribution in [0.1, 0.15) is 74.7 Å². The normalized spacial score (nSPS) is 48.0. The third-order valence-electron chi connectivity index (χ3n) is 9.63. The van der Waals surface area contributed by atoms with Gasteiger partial charge in [-0.1, -0.05) is 27.7 Å². The molecule has 43 heavy (non-hydrogen) atoms. The molecule has 14 heteroatoms. The first-order chi connectivity index (χ1) is 19.5. The summed E-state index contributed by atoms with van der Waals surface area (Å²) in [6.45, 7) is 12.3. The minimum atomic E-state index is -3.69. The van der Waals surface area contributed by atoms with Crippen molar-refractivity contribution in [2.45, 2.75) is 141 Å². The zero-order valence-corrected chi connectivity index (χ0v) is 27.9. The zero-order chi connectivity index (χ0) is 33.4. The Hall–Kier alpha value is -0.940. The molecule has 6 N–H and O–H groups in total. The number of carbonyl (C=O) groups is 1. The molecule has 2 heterocycles. The molecule has 2 aliphatic heterocycles. The summed E-state index contributed by atoms with van der Waals surface area (Å²) in [6.07, 6.45) is -8.83. The van der Waals surface area contributed by atoms with Gasteiger partial charge in [-0.15, -0.1) is 0 Å². The van der Waals surface area contributed by atoms with Gasteiger partial charge in [0.1, 0.15) is 17.8 Å². The molecule has 0 bridgehead atoms. The van der Waals surface area contributed by atoms with Crippen LogP contribution < -0.4 is 0 Å². The van der Waals surface area contributed by atoms with E-state index in [0.717, 1.165) is 10.6 Å². The molecule has 0 spiro atoms. The molecular formula is C29H55NO12S. The van der Waals surface area contributed by atoms with Crippen LogP contribution in [0.15, 0.2) is 0 Å². The fourth-order valence-electron chi connectivity index (χ4n) is 6.68. The number of cyclic esters (lactones) is 1.